The first-order valence-corrected chi connectivity index (χ1v) is 6.95. The normalized spacial score (nSPS) is 17.1. The van der Waals surface area contributed by atoms with Crippen LogP contribution in [0, 0.1) is 6.92 Å². The topological polar surface area (TPSA) is 49.9 Å². The lowest BCUT2D eigenvalue weighted by molar-refractivity contribution is -0.148. The number of carbonyl (C=O) groups excluding carboxylic acids is 2. The standard InChI is InChI=1S/C14H25N2O3/c1-5-9-12(17)16(13(18)19-14(2,3)4)15-10-7-6-8-11-15/h1,5-11H2,2-4H3. The summed E-state index contributed by atoms with van der Waals surface area (Å²) in [4.78, 5) is 24.3. The lowest BCUT2D eigenvalue weighted by Crippen LogP contribution is -2.53. The van der Waals surface area contributed by atoms with Gasteiger partial charge in [0.05, 0.1) is 0 Å². The smallest absolute Gasteiger partial charge is 0.432 e. The molecule has 0 unspecified atom stereocenters. The number of amides is 2. The molecule has 0 saturated carbocycles. The van der Waals surface area contributed by atoms with Crippen LogP contribution in [0.1, 0.15) is 52.9 Å². The summed E-state index contributed by atoms with van der Waals surface area (Å²) >= 11 is 0. The fraction of sp³-hybridized carbons (Fsp3) is 0.786. The third-order valence-corrected chi connectivity index (χ3v) is 2.81. The second-order valence-corrected chi connectivity index (χ2v) is 5.80. The third kappa shape index (κ3) is 5.19. The molecule has 5 nitrogen and oxygen atoms in total. The molecule has 5 heteroatoms. The number of piperidine rings is 1. The van der Waals surface area contributed by atoms with Crippen LogP contribution in [0.15, 0.2) is 0 Å². The molecule has 0 spiro atoms. The lowest BCUT2D eigenvalue weighted by atomic mass is 10.1. The molecule has 0 aromatic carbocycles. The predicted octanol–water partition coefficient (Wildman–Crippen LogP) is 2.77. The van der Waals surface area contributed by atoms with Crippen LogP contribution in [0.5, 0.6) is 0 Å². The van der Waals surface area contributed by atoms with Crippen molar-refractivity contribution < 1.29 is 14.3 Å². The summed E-state index contributed by atoms with van der Waals surface area (Å²) in [7, 11) is 0. The maximum Gasteiger partial charge on any atom is 0.432 e. The van der Waals surface area contributed by atoms with Gasteiger partial charge in [-0.2, -0.15) is 5.01 Å². The summed E-state index contributed by atoms with van der Waals surface area (Å²) in [6.07, 6.45) is 3.30. The van der Waals surface area contributed by atoms with Crippen LogP contribution in [-0.4, -0.2) is 40.7 Å². The second-order valence-electron chi connectivity index (χ2n) is 5.80. The van der Waals surface area contributed by atoms with Gasteiger partial charge in [-0.3, -0.25) is 4.79 Å². The third-order valence-electron chi connectivity index (χ3n) is 2.81. The maximum atomic E-state index is 12.2. The average Bonchev–Trinajstić information content (AvgIpc) is 2.28. The number of imide groups is 1. The molecule has 1 radical (unpaired) electrons. The molecule has 1 saturated heterocycles. The largest absolute Gasteiger partial charge is 0.442 e. The Labute approximate surface area is 115 Å². The molecule has 0 N–H and O–H groups in total. The van der Waals surface area contributed by atoms with E-state index in [-0.39, 0.29) is 12.3 Å². The Morgan fingerprint density at radius 2 is 1.79 bits per heavy atom. The summed E-state index contributed by atoms with van der Waals surface area (Å²) in [5, 5.41) is 2.98. The molecular weight excluding hydrogens is 244 g/mol. The fourth-order valence-corrected chi connectivity index (χ4v) is 2.01. The Bertz CT molecular complexity index is 317. The highest BCUT2D eigenvalue weighted by atomic mass is 16.6. The van der Waals surface area contributed by atoms with Gasteiger partial charge in [0.15, 0.2) is 0 Å². The van der Waals surface area contributed by atoms with E-state index in [1.54, 1.807) is 25.8 Å². The molecule has 0 aromatic heterocycles. The van der Waals surface area contributed by atoms with Crippen molar-refractivity contribution in [2.45, 2.75) is 58.5 Å². The molecule has 0 aliphatic carbocycles. The Morgan fingerprint density at radius 3 is 2.26 bits per heavy atom. The summed E-state index contributed by atoms with van der Waals surface area (Å²) in [6.45, 7) is 10.5. The van der Waals surface area contributed by atoms with Crippen molar-refractivity contribution in [2.24, 2.45) is 0 Å². The summed E-state index contributed by atoms with van der Waals surface area (Å²) < 4.78 is 5.32. The minimum Gasteiger partial charge on any atom is -0.442 e. The van der Waals surface area contributed by atoms with Crippen LogP contribution in [0.2, 0.25) is 0 Å². The van der Waals surface area contributed by atoms with Crippen molar-refractivity contribution in [1.82, 2.24) is 10.0 Å². The van der Waals surface area contributed by atoms with E-state index in [2.05, 4.69) is 6.92 Å². The van der Waals surface area contributed by atoms with Crippen molar-refractivity contribution in [3.8, 4) is 0 Å². The molecule has 1 heterocycles. The van der Waals surface area contributed by atoms with Gasteiger partial charge in [-0.15, -0.1) is 0 Å². The highest BCUT2D eigenvalue weighted by molar-refractivity contribution is 5.91. The second kappa shape index (κ2) is 6.89. The zero-order valence-corrected chi connectivity index (χ0v) is 12.3. The Kier molecular flexibility index (Phi) is 5.79. The number of hydrogen-bond donors (Lipinski definition) is 0. The van der Waals surface area contributed by atoms with Crippen LogP contribution in [0.3, 0.4) is 0 Å². The van der Waals surface area contributed by atoms with Gasteiger partial charge in [0.25, 0.3) is 0 Å². The van der Waals surface area contributed by atoms with Crippen LogP contribution >= 0.6 is 0 Å². The Balaban J connectivity index is 2.78. The van der Waals surface area contributed by atoms with Crippen LogP contribution in [0.4, 0.5) is 4.79 Å². The molecule has 0 atom stereocenters. The molecule has 1 aliphatic heterocycles. The quantitative estimate of drug-likeness (QED) is 0.790. The van der Waals surface area contributed by atoms with Gasteiger partial charge in [-0.25, -0.2) is 9.80 Å². The van der Waals surface area contributed by atoms with E-state index >= 15 is 0 Å². The number of ether oxygens (including phenoxy) is 1. The molecule has 19 heavy (non-hydrogen) atoms. The lowest BCUT2D eigenvalue weighted by Gasteiger charge is -2.36. The molecule has 1 rings (SSSR count). The first kappa shape index (κ1) is 16.0. The van der Waals surface area contributed by atoms with Gasteiger partial charge in [0, 0.05) is 19.5 Å². The van der Waals surface area contributed by atoms with Crippen LogP contribution in [-0.2, 0) is 9.53 Å². The minimum absolute atomic E-state index is 0.230. The highest BCUT2D eigenvalue weighted by Crippen LogP contribution is 2.17. The van der Waals surface area contributed by atoms with Gasteiger partial charge in [-0.05, 0) is 40.0 Å². The molecule has 0 bridgehead atoms. The molecule has 0 aromatic rings. The Morgan fingerprint density at radius 1 is 1.21 bits per heavy atom. The van der Waals surface area contributed by atoms with E-state index in [0.29, 0.717) is 6.42 Å². The summed E-state index contributed by atoms with van der Waals surface area (Å²) in [5.74, 6) is -0.230. The van der Waals surface area contributed by atoms with E-state index in [9.17, 15) is 9.59 Å². The molecule has 2 amide bonds. The van der Waals surface area contributed by atoms with Crippen LogP contribution in [0.25, 0.3) is 0 Å². The maximum absolute atomic E-state index is 12.2. The predicted molar refractivity (Wildman–Crippen MR) is 73.1 cm³/mol. The zero-order valence-electron chi connectivity index (χ0n) is 12.3. The number of hydrazine groups is 1. The van der Waals surface area contributed by atoms with E-state index in [4.69, 9.17) is 4.74 Å². The van der Waals surface area contributed by atoms with Crippen molar-refractivity contribution >= 4 is 12.0 Å². The van der Waals surface area contributed by atoms with Gasteiger partial charge in [0.2, 0.25) is 5.91 Å². The average molecular weight is 269 g/mol. The van der Waals surface area contributed by atoms with Crippen molar-refractivity contribution in [2.75, 3.05) is 13.1 Å². The van der Waals surface area contributed by atoms with Crippen molar-refractivity contribution in [3.05, 3.63) is 6.92 Å². The number of rotatable bonds is 3. The monoisotopic (exact) mass is 269 g/mol. The Hall–Kier alpha value is -1.10. The SMILES string of the molecule is [CH2]CCC(=O)N(C(=O)OC(C)(C)C)N1CCCCC1. The van der Waals surface area contributed by atoms with Crippen LogP contribution < -0.4 is 0 Å². The van der Waals surface area contributed by atoms with Crippen molar-refractivity contribution in [3.63, 3.8) is 0 Å². The molecular formula is C14H25N2O3. The van der Waals surface area contributed by atoms with Gasteiger partial charge >= 0.3 is 6.09 Å². The molecule has 1 fully saturated rings. The molecule has 109 valence electrons. The van der Waals surface area contributed by atoms with E-state index < -0.39 is 11.7 Å². The number of hydrogen-bond acceptors (Lipinski definition) is 4. The zero-order chi connectivity index (χ0) is 14.5. The van der Waals surface area contributed by atoms with Gasteiger partial charge < -0.3 is 4.74 Å². The van der Waals surface area contributed by atoms with E-state index in [1.807, 2.05) is 0 Å². The minimum atomic E-state index is -0.601. The highest BCUT2D eigenvalue weighted by Gasteiger charge is 2.32. The van der Waals surface area contributed by atoms with Gasteiger partial charge in [-0.1, -0.05) is 13.3 Å². The summed E-state index contributed by atoms with van der Waals surface area (Å²) in [5.41, 5.74) is -0.601. The van der Waals surface area contributed by atoms with Gasteiger partial charge in [0.1, 0.15) is 5.60 Å². The molecule has 1 aliphatic rings. The van der Waals surface area contributed by atoms with E-state index in [1.165, 1.54) is 5.01 Å². The fourth-order valence-electron chi connectivity index (χ4n) is 2.01. The van der Waals surface area contributed by atoms with E-state index in [0.717, 1.165) is 32.4 Å². The first-order chi connectivity index (χ1) is 8.85. The summed E-state index contributed by atoms with van der Waals surface area (Å²) in [6, 6.07) is 0. The first-order valence-electron chi connectivity index (χ1n) is 6.95. The number of carbonyl (C=O) groups is 2. The number of nitrogens with zero attached hydrogens (tertiary/aromatic N) is 2. The van der Waals surface area contributed by atoms with Crippen molar-refractivity contribution in [1.29, 1.82) is 0 Å².